The molecule has 0 aliphatic carbocycles. The summed E-state index contributed by atoms with van der Waals surface area (Å²) in [6, 6.07) is 0. The monoisotopic (exact) mass is 174 g/mol. The van der Waals surface area contributed by atoms with E-state index in [1.165, 1.54) is 0 Å². The minimum absolute atomic E-state index is 0.439. The van der Waals surface area contributed by atoms with Crippen LogP contribution in [-0.2, 0) is 14.3 Å². The number of terminal acetylenes is 1. The zero-order valence-corrected chi connectivity index (χ0v) is 6.33. The van der Waals surface area contributed by atoms with Gasteiger partial charge in [-0.25, -0.2) is 14.0 Å². The molecule has 12 heavy (non-hydrogen) atoms. The topological polar surface area (TPSA) is 63.6 Å². The molecule has 0 bridgehead atoms. The zero-order valence-electron chi connectivity index (χ0n) is 6.33. The number of carbonyl (C=O) groups excluding carboxylic acids is 1. The zero-order chi connectivity index (χ0) is 9.78. The van der Waals surface area contributed by atoms with E-state index in [1.807, 2.05) is 5.92 Å². The molecular formula is C7H7FO4. The molecule has 1 unspecified atom stereocenters. The average Bonchev–Trinajstić information content (AvgIpc) is 1.99. The summed E-state index contributed by atoms with van der Waals surface area (Å²) in [5, 5.41) is 8.18. The van der Waals surface area contributed by atoms with Crippen molar-refractivity contribution in [2.45, 2.75) is 12.6 Å². The van der Waals surface area contributed by atoms with E-state index in [-0.39, 0.29) is 0 Å². The summed E-state index contributed by atoms with van der Waals surface area (Å²) in [5.41, 5.74) is -3.03. The quantitative estimate of drug-likeness (QED) is 0.371. The highest BCUT2D eigenvalue weighted by atomic mass is 19.1. The van der Waals surface area contributed by atoms with E-state index in [4.69, 9.17) is 11.5 Å². The van der Waals surface area contributed by atoms with Crippen molar-refractivity contribution in [3.8, 4) is 12.3 Å². The van der Waals surface area contributed by atoms with Crippen LogP contribution in [0.25, 0.3) is 0 Å². The summed E-state index contributed by atoms with van der Waals surface area (Å²) in [6.45, 7) is 0.153. The Hall–Kier alpha value is -1.57. The molecule has 0 amide bonds. The highest BCUT2D eigenvalue weighted by Gasteiger charge is 2.43. The number of rotatable bonds is 3. The first kappa shape index (κ1) is 10.4. The molecule has 0 fully saturated rings. The molecule has 0 radical (unpaired) electrons. The van der Waals surface area contributed by atoms with Crippen molar-refractivity contribution in [1.29, 1.82) is 0 Å². The molecule has 0 heterocycles. The lowest BCUT2D eigenvalue weighted by atomic mass is 10.1. The molecule has 0 saturated carbocycles. The highest BCUT2D eigenvalue weighted by molar-refractivity contribution is 6.02. The fourth-order valence-corrected chi connectivity index (χ4v) is 0.330. The first-order valence-corrected chi connectivity index (χ1v) is 2.96. The Morgan fingerprint density at radius 3 is 2.58 bits per heavy atom. The number of esters is 1. The lowest BCUT2D eigenvalue weighted by Gasteiger charge is -2.11. The van der Waals surface area contributed by atoms with Gasteiger partial charge in [0.25, 0.3) is 5.67 Å². The van der Waals surface area contributed by atoms with Crippen LogP contribution in [-0.4, -0.2) is 29.3 Å². The van der Waals surface area contributed by atoms with E-state index in [9.17, 15) is 14.0 Å². The number of carbonyl (C=O) groups is 2. The second-order valence-electron chi connectivity index (χ2n) is 2.09. The van der Waals surface area contributed by atoms with Crippen LogP contribution in [0.2, 0.25) is 0 Å². The summed E-state index contributed by atoms with van der Waals surface area (Å²) in [5.74, 6) is -1.48. The summed E-state index contributed by atoms with van der Waals surface area (Å²) in [7, 11) is 0. The molecule has 0 aromatic heterocycles. The second-order valence-corrected chi connectivity index (χ2v) is 2.09. The van der Waals surface area contributed by atoms with Gasteiger partial charge in [0, 0.05) is 0 Å². The third-order valence-electron chi connectivity index (χ3n) is 1.07. The molecule has 0 spiro atoms. The van der Waals surface area contributed by atoms with Crippen LogP contribution in [0, 0.1) is 12.3 Å². The third kappa shape index (κ3) is 2.23. The van der Waals surface area contributed by atoms with E-state index >= 15 is 0 Å². The first-order valence-electron chi connectivity index (χ1n) is 2.96. The standard InChI is InChI=1S/C7H7FO4/c1-3-4-12-6(11)7(2,8)5(9)10/h1H,4H2,2H3,(H,9,10). The molecule has 0 aliphatic heterocycles. The largest absolute Gasteiger partial charge is 0.478 e. The van der Waals surface area contributed by atoms with Crippen molar-refractivity contribution in [2.24, 2.45) is 0 Å². The van der Waals surface area contributed by atoms with Crippen LogP contribution >= 0.6 is 0 Å². The van der Waals surface area contributed by atoms with E-state index in [2.05, 4.69) is 4.74 Å². The van der Waals surface area contributed by atoms with Gasteiger partial charge in [-0.15, -0.1) is 6.42 Å². The van der Waals surface area contributed by atoms with Crippen molar-refractivity contribution in [3.63, 3.8) is 0 Å². The number of carboxylic acids is 1. The smallest absolute Gasteiger partial charge is 0.356 e. The molecule has 1 atom stereocenters. The number of hydrogen-bond acceptors (Lipinski definition) is 3. The number of ether oxygens (including phenoxy) is 1. The Kier molecular flexibility index (Phi) is 3.23. The maximum Gasteiger partial charge on any atom is 0.356 e. The van der Waals surface area contributed by atoms with Gasteiger partial charge in [-0.05, 0) is 6.92 Å². The van der Waals surface area contributed by atoms with E-state index in [1.54, 1.807) is 0 Å². The lowest BCUT2D eigenvalue weighted by Crippen LogP contribution is -2.40. The maximum atomic E-state index is 12.8. The van der Waals surface area contributed by atoms with Crippen molar-refractivity contribution < 1.29 is 23.8 Å². The normalized spacial score (nSPS) is 14.1. The Balaban J connectivity index is 4.28. The second kappa shape index (κ2) is 3.72. The Bertz CT molecular complexity index is 238. The van der Waals surface area contributed by atoms with Gasteiger partial charge in [-0.1, -0.05) is 5.92 Å². The van der Waals surface area contributed by atoms with E-state index in [0.717, 1.165) is 0 Å². The van der Waals surface area contributed by atoms with Gasteiger partial charge in [-0.2, -0.15) is 0 Å². The molecule has 66 valence electrons. The lowest BCUT2D eigenvalue weighted by molar-refractivity contribution is -0.168. The molecule has 0 saturated heterocycles. The summed E-state index contributed by atoms with van der Waals surface area (Å²) in [4.78, 5) is 20.7. The van der Waals surface area contributed by atoms with Crippen molar-refractivity contribution in [1.82, 2.24) is 0 Å². The highest BCUT2D eigenvalue weighted by Crippen LogP contribution is 2.12. The first-order chi connectivity index (χ1) is 5.42. The Labute approximate surface area is 68.3 Å². The molecular weight excluding hydrogens is 167 g/mol. The number of carboxylic acid groups (broad SMARTS) is 1. The SMILES string of the molecule is C#CCOC(=O)C(C)(F)C(=O)O. The number of alkyl halides is 1. The van der Waals surface area contributed by atoms with Crippen molar-refractivity contribution >= 4 is 11.9 Å². The van der Waals surface area contributed by atoms with Crippen LogP contribution in [0.1, 0.15) is 6.92 Å². The molecule has 4 nitrogen and oxygen atoms in total. The van der Waals surface area contributed by atoms with Crippen molar-refractivity contribution in [2.75, 3.05) is 6.61 Å². The van der Waals surface area contributed by atoms with Gasteiger partial charge < -0.3 is 9.84 Å². The van der Waals surface area contributed by atoms with Gasteiger partial charge in [0.05, 0.1) is 0 Å². The van der Waals surface area contributed by atoms with Crippen LogP contribution in [0.3, 0.4) is 0 Å². The Morgan fingerprint density at radius 1 is 1.75 bits per heavy atom. The minimum Gasteiger partial charge on any atom is -0.478 e. The molecule has 5 heteroatoms. The van der Waals surface area contributed by atoms with Gasteiger partial charge in [0.2, 0.25) is 0 Å². The van der Waals surface area contributed by atoms with Gasteiger partial charge in [0.1, 0.15) is 0 Å². The molecule has 1 N–H and O–H groups in total. The van der Waals surface area contributed by atoms with Gasteiger partial charge in [0.15, 0.2) is 6.61 Å². The molecule has 0 aliphatic rings. The number of aliphatic carboxylic acids is 1. The summed E-state index contributed by atoms with van der Waals surface area (Å²) in [6.07, 6.45) is 4.70. The fraction of sp³-hybridized carbons (Fsp3) is 0.429. The average molecular weight is 174 g/mol. The van der Waals surface area contributed by atoms with Crippen LogP contribution < -0.4 is 0 Å². The summed E-state index contributed by atoms with van der Waals surface area (Å²) < 4.78 is 16.9. The molecule has 0 rings (SSSR count). The van der Waals surface area contributed by atoms with Crippen molar-refractivity contribution in [3.05, 3.63) is 0 Å². The minimum atomic E-state index is -3.03. The number of hydrogen-bond donors (Lipinski definition) is 1. The van der Waals surface area contributed by atoms with Crippen LogP contribution in [0.4, 0.5) is 4.39 Å². The maximum absolute atomic E-state index is 12.8. The fourth-order valence-electron chi connectivity index (χ4n) is 0.330. The predicted octanol–water partition coefficient (Wildman–Crippen LogP) is -0.0244. The predicted molar refractivity (Wildman–Crippen MR) is 36.9 cm³/mol. The van der Waals surface area contributed by atoms with Gasteiger partial charge >= 0.3 is 11.9 Å². The van der Waals surface area contributed by atoms with E-state index in [0.29, 0.717) is 6.92 Å². The van der Waals surface area contributed by atoms with E-state index < -0.39 is 24.2 Å². The Morgan fingerprint density at radius 2 is 2.25 bits per heavy atom. The number of halogens is 1. The summed E-state index contributed by atoms with van der Waals surface area (Å²) >= 11 is 0. The third-order valence-corrected chi connectivity index (χ3v) is 1.07. The van der Waals surface area contributed by atoms with Crippen LogP contribution in [0.5, 0.6) is 0 Å². The molecule has 0 aromatic rings. The van der Waals surface area contributed by atoms with Gasteiger partial charge in [-0.3, -0.25) is 0 Å². The molecule has 0 aromatic carbocycles. The van der Waals surface area contributed by atoms with Crippen LogP contribution in [0.15, 0.2) is 0 Å².